The molecule has 0 fully saturated rings. The number of carbonyl (C=O) groups excluding carboxylic acids is 1. The second kappa shape index (κ2) is 7.80. The van der Waals surface area contributed by atoms with E-state index in [2.05, 4.69) is 32.8 Å². The van der Waals surface area contributed by atoms with E-state index in [-0.39, 0.29) is 32.7 Å². The first-order valence-corrected chi connectivity index (χ1v) is 7.79. The normalized spacial score (nSPS) is 12.1. The minimum atomic E-state index is -4.67. The van der Waals surface area contributed by atoms with Gasteiger partial charge in [-0.25, -0.2) is 15.0 Å². The SMILES string of the molecule is O=C(n1ccc(-n2[c-]cc(C(F)(F)F)n2)n1)n1ccc(-n2[c-]cc(C(F)(F)F)n2)n1.[Pt+2]. The van der Waals surface area contributed by atoms with E-state index in [1.165, 1.54) is 12.1 Å². The van der Waals surface area contributed by atoms with Crippen molar-refractivity contribution in [2.45, 2.75) is 12.4 Å². The molecule has 31 heavy (non-hydrogen) atoms. The molecular formula is C15H6F6N8OPt. The molecule has 4 heterocycles. The van der Waals surface area contributed by atoms with Crippen LogP contribution in [0.2, 0.25) is 0 Å². The first-order valence-electron chi connectivity index (χ1n) is 7.79. The van der Waals surface area contributed by atoms with Gasteiger partial charge in [0.15, 0.2) is 0 Å². The zero-order valence-electron chi connectivity index (χ0n) is 14.5. The first-order chi connectivity index (χ1) is 14.0. The molecule has 4 aromatic heterocycles. The van der Waals surface area contributed by atoms with Crippen molar-refractivity contribution in [1.82, 2.24) is 39.1 Å². The van der Waals surface area contributed by atoms with Gasteiger partial charge in [0, 0.05) is 12.4 Å². The molecule has 0 aliphatic heterocycles. The molecule has 0 saturated heterocycles. The van der Waals surface area contributed by atoms with Crippen molar-refractivity contribution in [3.8, 4) is 11.6 Å². The second-order valence-electron chi connectivity index (χ2n) is 5.66. The van der Waals surface area contributed by atoms with Gasteiger partial charge in [0.05, 0.1) is 23.0 Å². The average molecular weight is 623 g/mol. The second-order valence-corrected chi connectivity index (χ2v) is 5.66. The molecule has 0 aromatic carbocycles. The van der Waals surface area contributed by atoms with Crippen LogP contribution in [-0.2, 0) is 33.4 Å². The Balaban J connectivity index is 0.00000272. The third-order valence-electron chi connectivity index (χ3n) is 3.62. The first kappa shape index (κ1) is 22.5. The van der Waals surface area contributed by atoms with Crippen LogP contribution in [0.4, 0.5) is 31.1 Å². The fourth-order valence-electron chi connectivity index (χ4n) is 2.26. The molecule has 0 aliphatic rings. The molecule has 0 amide bonds. The standard InChI is InChI=1S/C15H6F6N8O.Pt/c16-14(17,18)9-1-5-26(22-9)11-3-7-28(24-11)13(30)29-8-4-12(25-29)27-6-2-10(23-27)15(19,20)21;/h1-4,7-8H;/q-2;+2. The van der Waals surface area contributed by atoms with Crippen LogP contribution in [0.25, 0.3) is 11.6 Å². The molecule has 0 spiro atoms. The summed E-state index contributed by atoms with van der Waals surface area (Å²) < 4.78 is 78.6. The maximum atomic E-state index is 12.6. The van der Waals surface area contributed by atoms with Gasteiger partial charge in [0.25, 0.3) is 0 Å². The minimum Gasteiger partial charge on any atom is -0.342 e. The summed E-state index contributed by atoms with van der Waals surface area (Å²) in [7, 11) is 0. The molecule has 16 heteroatoms. The summed E-state index contributed by atoms with van der Waals surface area (Å²) in [5, 5.41) is 14.2. The van der Waals surface area contributed by atoms with Gasteiger partial charge in [-0.3, -0.25) is 10.2 Å². The van der Waals surface area contributed by atoms with Gasteiger partial charge in [-0.15, -0.1) is 12.1 Å². The van der Waals surface area contributed by atoms with Gasteiger partial charge < -0.3 is 9.36 Å². The van der Waals surface area contributed by atoms with Crippen molar-refractivity contribution < 1.29 is 52.2 Å². The van der Waals surface area contributed by atoms with Gasteiger partial charge in [-0.05, 0) is 0 Å². The van der Waals surface area contributed by atoms with Gasteiger partial charge in [0.2, 0.25) is 0 Å². The molecular weight excluding hydrogens is 617 g/mol. The van der Waals surface area contributed by atoms with E-state index in [1.807, 2.05) is 0 Å². The molecule has 0 aliphatic carbocycles. The Morgan fingerprint density at radius 2 is 1.13 bits per heavy atom. The number of carbonyl (C=O) groups is 1. The fraction of sp³-hybridized carbons (Fsp3) is 0.133. The van der Waals surface area contributed by atoms with Crippen LogP contribution < -0.4 is 0 Å². The van der Waals surface area contributed by atoms with Crippen LogP contribution in [0.1, 0.15) is 11.4 Å². The van der Waals surface area contributed by atoms with E-state index in [4.69, 9.17) is 0 Å². The van der Waals surface area contributed by atoms with Crippen LogP contribution in [0.15, 0.2) is 36.7 Å². The largest absolute Gasteiger partial charge is 2.00 e. The number of nitrogens with zero attached hydrogens (tertiary/aromatic N) is 8. The van der Waals surface area contributed by atoms with Crippen LogP contribution in [0, 0.1) is 12.4 Å². The minimum absolute atomic E-state index is 0. The summed E-state index contributed by atoms with van der Waals surface area (Å²) in [6, 6.07) is 2.80. The molecule has 0 unspecified atom stereocenters. The Kier molecular flexibility index (Phi) is 5.65. The molecule has 0 N–H and O–H groups in total. The van der Waals surface area contributed by atoms with Crippen LogP contribution in [0.3, 0.4) is 0 Å². The van der Waals surface area contributed by atoms with Crippen LogP contribution in [0.5, 0.6) is 0 Å². The Morgan fingerprint density at radius 1 is 0.742 bits per heavy atom. The zero-order valence-corrected chi connectivity index (χ0v) is 16.8. The number of rotatable bonds is 2. The molecule has 0 radical (unpaired) electrons. The van der Waals surface area contributed by atoms with Crippen molar-refractivity contribution in [3.63, 3.8) is 0 Å². The zero-order chi connectivity index (χ0) is 21.7. The van der Waals surface area contributed by atoms with E-state index >= 15 is 0 Å². The number of hydrogen-bond donors (Lipinski definition) is 0. The van der Waals surface area contributed by atoms with Crippen molar-refractivity contribution in [2.75, 3.05) is 0 Å². The van der Waals surface area contributed by atoms with Crippen molar-refractivity contribution in [2.24, 2.45) is 0 Å². The molecule has 0 saturated carbocycles. The number of hydrogen-bond acceptors (Lipinski definition) is 5. The summed E-state index contributed by atoms with van der Waals surface area (Å²) in [5.41, 5.74) is -2.37. The monoisotopic (exact) mass is 623 g/mol. The predicted octanol–water partition coefficient (Wildman–Crippen LogP) is 2.60. The quantitative estimate of drug-likeness (QED) is 0.253. The predicted molar refractivity (Wildman–Crippen MR) is 82.6 cm³/mol. The van der Waals surface area contributed by atoms with Gasteiger partial charge in [-0.1, -0.05) is 24.5 Å². The molecule has 4 aromatic rings. The van der Waals surface area contributed by atoms with Crippen molar-refractivity contribution in [3.05, 3.63) is 60.4 Å². The topological polar surface area (TPSA) is 88.4 Å². The van der Waals surface area contributed by atoms with E-state index in [0.717, 1.165) is 21.8 Å². The third-order valence-corrected chi connectivity index (χ3v) is 3.62. The van der Waals surface area contributed by atoms with Gasteiger partial charge >= 0.3 is 39.4 Å². The smallest absolute Gasteiger partial charge is 0.342 e. The Labute approximate surface area is 182 Å². The summed E-state index contributed by atoms with van der Waals surface area (Å²) in [4.78, 5) is 12.4. The summed E-state index contributed by atoms with van der Waals surface area (Å²) in [6.07, 6.45) is -2.59. The third kappa shape index (κ3) is 4.45. The van der Waals surface area contributed by atoms with E-state index < -0.39 is 29.8 Å². The number of aromatic nitrogens is 8. The van der Waals surface area contributed by atoms with E-state index in [1.54, 1.807) is 0 Å². The molecule has 9 nitrogen and oxygen atoms in total. The van der Waals surface area contributed by atoms with Crippen molar-refractivity contribution in [1.29, 1.82) is 0 Å². The Bertz CT molecular complexity index is 1120. The van der Waals surface area contributed by atoms with Crippen LogP contribution >= 0.6 is 0 Å². The average Bonchev–Trinajstić information content (AvgIpc) is 3.46. The van der Waals surface area contributed by atoms with E-state index in [9.17, 15) is 31.1 Å². The van der Waals surface area contributed by atoms with Gasteiger partial charge in [0.1, 0.15) is 0 Å². The molecule has 164 valence electrons. The molecule has 0 atom stereocenters. The van der Waals surface area contributed by atoms with Crippen LogP contribution in [-0.4, -0.2) is 45.2 Å². The Hall–Kier alpha value is -3.22. The molecule has 4 rings (SSSR count). The van der Waals surface area contributed by atoms with E-state index in [0.29, 0.717) is 21.5 Å². The summed E-state index contributed by atoms with van der Waals surface area (Å²) >= 11 is 0. The van der Waals surface area contributed by atoms with Crippen molar-refractivity contribution >= 4 is 6.03 Å². The fourth-order valence-corrected chi connectivity index (χ4v) is 2.26. The maximum absolute atomic E-state index is 12.6. The molecule has 0 bridgehead atoms. The summed E-state index contributed by atoms with van der Waals surface area (Å²) in [6.45, 7) is 0. The number of halogens is 6. The summed E-state index contributed by atoms with van der Waals surface area (Å²) in [5.74, 6) is -0.247. The number of alkyl halides is 6. The maximum Gasteiger partial charge on any atom is 2.00 e. The van der Waals surface area contributed by atoms with Gasteiger partial charge in [-0.2, -0.15) is 35.7 Å². The Morgan fingerprint density at radius 3 is 1.45 bits per heavy atom.